The molecule has 34 heavy (non-hydrogen) atoms. The van der Waals surface area contributed by atoms with Gasteiger partial charge >= 0.3 is 0 Å². The molecule has 1 N–H and O–H groups in total. The summed E-state index contributed by atoms with van der Waals surface area (Å²) in [6.07, 6.45) is 3.83. The van der Waals surface area contributed by atoms with Gasteiger partial charge in [-0.1, -0.05) is 12.1 Å². The number of anilines is 2. The van der Waals surface area contributed by atoms with Gasteiger partial charge in [0.25, 0.3) is 0 Å². The summed E-state index contributed by atoms with van der Waals surface area (Å²) in [7, 11) is 0. The summed E-state index contributed by atoms with van der Waals surface area (Å²) in [6, 6.07) is 6.44. The lowest BCUT2D eigenvalue weighted by Crippen LogP contribution is -2.48. The first-order valence-electron chi connectivity index (χ1n) is 11.9. The molecule has 6 rings (SSSR count). The second-order valence-electron chi connectivity index (χ2n) is 9.45. The highest BCUT2D eigenvalue weighted by atomic mass is 19.2. The third-order valence-electron chi connectivity index (χ3n) is 7.24. The standard InChI is InChI=1S/C24H27F2N7O/c1-14-10-19(28-13-27-14)32-11-15-6-7-16(12-32)21(15)29-24-30-23-22(34-9-3-8-33(23)31-24)17-4-2-5-18(25)20(17)26/h2,4-5,10,13,15-16,21-22H,3,6-9,11-12H2,1H3,(H,29,31)/t15-,16+,21?,22-/m1/s1. The van der Waals surface area contributed by atoms with Gasteiger partial charge in [0, 0.05) is 49.6 Å². The monoisotopic (exact) mass is 467 g/mol. The lowest BCUT2D eigenvalue weighted by Gasteiger charge is -2.38. The highest BCUT2D eigenvalue weighted by Crippen LogP contribution is 2.40. The number of rotatable bonds is 4. The van der Waals surface area contributed by atoms with Crippen LogP contribution < -0.4 is 10.2 Å². The second kappa shape index (κ2) is 8.57. The number of hydrogen-bond donors (Lipinski definition) is 1. The van der Waals surface area contributed by atoms with Gasteiger partial charge in [0.2, 0.25) is 5.95 Å². The smallest absolute Gasteiger partial charge is 0.242 e. The average molecular weight is 468 g/mol. The van der Waals surface area contributed by atoms with Crippen LogP contribution in [0, 0.1) is 30.4 Å². The van der Waals surface area contributed by atoms with Gasteiger partial charge in [0.1, 0.15) is 18.2 Å². The fraction of sp³-hybridized carbons (Fsp3) is 0.500. The number of piperidine rings is 1. The summed E-state index contributed by atoms with van der Waals surface area (Å²) in [5.41, 5.74) is 1.11. The predicted octanol–water partition coefficient (Wildman–Crippen LogP) is 3.49. The molecule has 0 spiro atoms. The molecule has 2 bridgehead atoms. The van der Waals surface area contributed by atoms with Crippen LogP contribution in [0.3, 0.4) is 0 Å². The topological polar surface area (TPSA) is 81.0 Å². The normalized spacial score (nSPS) is 26.3. The molecule has 1 saturated heterocycles. The Morgan fingerprint density at radius 1 is 1.12 bits per heavy atom. The largest absolute Gasteiger partial charge is 0.365 e. The van der Waals surface area contributed by atoms with Crippen molar-refractivity contribution in [2.24, 2.45) is 11.8 Å². The molecule has 3 aliphatic rings. The molecular formula is C24H27F2N7O. The molecule has 1 aliphatic carbocycles. The Labute approximate surface area is 196 Å². The van der Waals surface area contributed by atoms with Gasteiger partial charge < -0.3 is 15.0 Å². The molecule has 2 fully saturated rings. The van der Waals surface area contributed by atoms with E-state index in [1.54, 1.807) is 17.1 Å². The van der Waals surface area contributed by atoms with Gasteiger partial charge in [0.15, 0.2) is 17.5 Å². The number of aromatic nitrogens is 5. The lowest BCUT2D eigenvalue weighted by molar-refractivity contribution is 0.0782. The van der Waals surface area contributed by atoms with Gasteiger partial charge in [-0.15, -0.1) is 5.10 Å². The summed E-state index contributed by atoms with van der Waals surface area (Å²) in [5, 5.41) is 8.26. The summed E-state index contributed by atoms with van der Waals surface area (Å²) in [4.78, 5) is 15.7. The van der Waals surface area contributed by atoms with Crippen LogP contribution in [0.1, 0.15) is 42.4 Å². The first kappa shape index (κ1) is 21.4. The molecule has 2 aromatic heterocycles. The summed E-state index contributed by atoms with van der Waals surface area (Å²) < 4.78 is 36.1. The second-order valence-corrected chi connectivity index (χ2v) is 9.45. The van der Waals surface area contributed by atoms with Crippen molar-refractivity contribution in [1.29, 1.82) is 0 Å². The Hall–Kier alpha value is -3.14. The molecule has 2 aliphatic heterocycles. The zero-order valence-electron chi connectivity index (χ0n) is 19.0. The third kappa shape index (κ3) is 3.79. The molecule has 4 atom stereocenters. The van der Waals surface area contributed by atoms with Gasteiger partial charge in [-0.3, -0.25) is 0 Å². The van der Waals surface area contributed by atoms with Crippen LogP contribution in [-0.4, -0.2) is 50.5 Å². The molecule has 1 aromatic carbocycles. The van der Waals surface area contributed by atoms with Gasteiger partial charge in [-0.05, 0) is 44.1 Å². The number of nitrogens with one attached hydrogen (secondary N) is 1. The number of fused-ring (bicyclic) bond motifs is 3. The zero-order chi connectivity index (χ0) is 23.2. The van der Waals surface area contributed by atoms with E-state index in [-0.39, 0.29) is 11.6 Å². The molecule has 4 heterocycles. The average Bonchev–Trinajstić information content (AvgIpc) is 3.23. The van der Waals surface area contributed by atoms with E-state index in [4.69, 9.17) is 9.72 Å². The number of nitrogens with zero attached hydrogens (tertiary/aromatic N) is 6. The number of aryl methyl sites for hydroxylation is 2. The fourth-order valence-electron chi connectivity index (χ4n) is 5.62. The van der Waals surface area contributed by atoms with Crippen molar-refractivity contribution in [3.63, 3.8) is 0 Å². The number of halogens is 2. The maximum Gasteiger partial charge on any atom is 0.242 e. The molecule has 178 valence electrons. The molecule has 0 amide bonds. The van der Waals surface area contributed by atoms with E-state index in [2.05, 4.69) is 25.3 Å². The Bertz CT molecular complexity index is 1190. The van der Waals surface area contributed by atoms with E-state index in [9.17, 15) is 8.78 Å². The summed E-state index contributed by atoms with van der Waals surface area (Å²) in [6.45, 7) is 4.86. The molecule has 1 unspecified atom stereocenters. The maximum absolute atomic E-state index is 14.6. The first-order chi connectivity index (χ1) is 16.6. The van der Waals surface area contributed by atoms with Crippen LogP contribution in [0.4, 0.5) is 20.5 Å². The highest BCUT2D eigenvalue weighted by Gasteiger charge is 2.43. The van der Waals surface area contributed by atoms with Gasteiger partial charge in [-0.2, -0.15) is 4.98 Å². The lowest BCUT2D eigenvalue weighted by atomic mass is 9.92. The summed E-state index contributed by atoms with van der Waals surface area (Å²) >= 11 is 0. The van der Waals surface area contributed by atoms with E-state index in [0.29, 0.717) is 36.8 Å². The fourth-order valence-corrected chi connectivity index (χ4v) is 5.62. The van der Waals surface area contributed by atoms with Crippen LogP contribution in [0.2, 0.25) is 0 Å². The quantitative estimate of drug-likeness (QED) is 0.629. The predicted molar refractivity (Wildman–Crippen MR) is 121 cm³/mol. The van der Waals surface area contributed by atoms with Gasteiger partial charge in [-0.25, -0.2) is 23.4 Å². The van der Waals surface area contributed by atoms with Crippen LogP contribution >= 0.6 is 0 Å². The number of benzene rings is 1. The highest BCUT2D eigenvalue weighted by molar-refractivity contribution is 5.42. The van der Waals surface area contributed by atoms with E-state index in [1.807, 2.05) is 13.0 Å². The number of ether oxygens (including phenoxy) is 1. The van der Waals surface area contributed by atoms with Crippen LogP contribution in [0.25, 0.3) is 0 Å². The first-order valence-corrected chi connectivity index (χ1v) is 11.9. The van der Waals surface area contributed by atoms with E-state index in [0.717, 1.165) is 49.9 Å². The van der Waals surface area contributed by atoms with Crippen LogP contribution in [0.15, 0.2) is 30.6 Å². The van der Waals surface area contributed by atoms with E-state index in [1.165, 1.54) is 6.07 Å². The molecule has 1 saturated carbocycles. The molecule has 10 heteroatoms. The molecule has 8 nitrogen and oxygen atoms in total. The van der Waals surface area contributed by atoms with Crippen molar-refractivity contribution in [3.05, 3.63) is 59.3 Å². The Balaban J connectivity index is 1.23. The third-order valence-corrected chi connectivity index (χ3v) is 7.24. The van der Waals surface area contributed by atoms with E-state index >= 15 is 0 Å². The minimum atomic E-state index is -0.899. The minimum Gasteiger partial charge on any atom is -0.365 e. The van der Waals surface area contributed by atoms with Crippen molar-refractivity contribution in [2.45, 2.75) is 44.9 Å². The molecule has 3 aromatic rings. The zero-order valence-corrected chi connectivity index (χ0v) is 19.0. The summed E-state index contributed by atoms with van der Waals surface area (Å²) in [5.74, 6) is 1.11. The molecule has 0 radical (unpaired) electrons. The van der Waals surface area contributed by atoms with Crippen LogP contribution in [0.5, 0.6) is 0 Å². The Morgan fingerprint density at radius 2 is 1.94 bits per heavy atom. The van der Waals surface area contributed by atoms with Crippen molar-refractivity contribution in [3.8, 4) is 0 Å². The SMILES string of the molecule is Cc1cc(N2C[C@H]3CC[C@@H](C2)C3Nc2nc3n(n2)CCCO[C@@H]3c2cccc(F)c2F)ncn1. The van der Waals surface area contributed by atoms with Crippen molar-refractivity contribution in [1.82, 2.24) is 24.7 Å². The minimum absolute atomic E-state index is 0.149. The molecular weight excluding hydrogens is 440 g/mol. The van der Waals surface area contributed by atoms with Gasteiger partial charge in [0.05, 0.1) is 0 Å². The van der Waals surface area contributed by atoms with Crippen molar-refractivity contribution >= 4 is 11.8 Å². The Kier molecular flexibility index (Phi) is 5.40. The van der Waals surface area contributed by atoms with Crippen molar-refractivity contribution < 1.29 is 13.5 Å². The Morgan fingerprint density at radius 3 is 2.74 bits per heavy atom. The van der Waals surface area contributed by atoms with Crippen LogP contribution in [-0.2, 0) is 11.3 Å². The number of hydrogen-bond acceptors (Lipinski definition) is 7. The van der Waals surface area contributed by atoms with E-state index < -0.39 is 17.7 Å². The maximum atomic E-state index is 14.6. The van der Waals surface area contributed by atoms with Crippen molar-refractivity contribution in [2.75, 3.05) is 29.9 Å².